The van der Waals surface area contributed by atoms with Crippen LogP contribution in [0.2, 0.25) is 0 Å². The van der Waals surface area contributed by atoms with E-state index in [1.54, 1.807) is 23.2 Å². The van der Waals surface area contributed by atoms with E-state index in [9.17, 15) is 13.2 Å². The molecule has 4 heterocycles. The van der Waals surface area contributed by atoms with E-state index in [1.807, 2.05) is 13.8 Å². The van der Waals surface area contributed by atoms with E-state index < -0.39 is 9.84 Å². The van der Waals surface area contributed by atoms with E-state index in [0.29, 0.717) is 34.5 Å². The predicted molar refractivity (Wildman–Crippen MR) is 141 cm³/mol. The SMILES string of the molecule is Cc1ncnc(C2CC2)c1-c1ncc2nc(NCc3ccc(S(C)(=O)=O)cn3)c(=O)n([C@@H](C)C3CC3)c2n1. The van der Waals surface area contributed by atoms with Gasteiger partial charge in [0.15, 0.2) is 27.1 Å². The maximum atomic E-state index is 13.7. The molecule has 0 bridgehead atoms. The Morgan fingerprint density at radius 1 is 1.05 bits per heavy atom. The van der Waals surface area contributed by atoms with Gasteiger partial charge in [-0.25, -0.2) is 33.3 Å². The van der Waals surface area contributed by atoms with Gasteiger partial charge in [-0.15, -0.1) is 0 Å². The first-order chi connectivity index (χ1) is 18.2. The Kier molecular flexibility index (Phi) is 5.93. The van der Waals surface area contributed by atoms with E-state index >= 15 is 0 Å². The number of rotatable bonds is 8. The molecule has 4 aromatic heterocycles. The fraction of sp³-hybridized carbons (Fsp3) is 0.423. The van der Waals surface area contributed by atoms with Crippen LogP contribution in [0.1, 0.15) is 61.6 Å². The molecule has 0 radical (unpaired) electrons. The smallest absolute Gasteiger partial charge is 0.295 e. The fourth-order valence-corrected chi connectivity index (χ4v) is 5.31. The Hall–Kier alpha value is -3.80. The van der Waals surface area contributed by atoms with Gasteiger partial charge in [0, 0.05) is 24.4 Å². The molecule has 0 amide bonds. The van der Waals surface area contributed by atoms with Crippen LogP contribution in [0.15, 0.2) is 40.5 Å². The first kappa shape index (κ1) is 24.5. The molecule has 0 spiro atoms. The van der Waals surface area contributed by atoms with Gasteiger partial charge in [-0.1, -0.05) is 0 Å². The lowest BCUT2D eigenvalue weighted by Gasteiger charge is -2.19. The third-order valence-electron chi connectivity index (χ3n) is 7.26. The fourth-order valence-electron chi connectivity index (χ4n) is 4.75. The minimum absolute atomic E-state index is 0.0560. The van der Waals surface area contributed by atoms with Crippen molar-refractivity contribution in [3.05, 3.63) is 58.3 Å². The van der Waals surface area contributed by atoms with E-state index in [1.165, 1.54) is 12.3 Å². The Labute approximate surface area is 219 Å². The van der Waals surface area contributed by atoms with Crippen LogP contribution < -0.4 is 10.9 Å². The van der Waals surface area contributed by atoms with Crippen LogP contribution in [0.25, 0.3) is 22.6 Å². The maximum Gasteiger partial charge on any atom is 0.295 e. The number of nitrogens with one attached hydrogen (secondary N) is 1. The molecular formula is C26H28N8O3S. The summed E-state index contributed by atoms with van der Waals surface area (Å²) in [7, 11) is -3.34. The van der Waals surface area contributed by atoms with Crippen molar-refractivity contribution in [3.63, 3.8) is 0 Å². The van der Waals surface area contributed by atoms with Crippen LogP contribution in [0.4, 0.5) is 5.82 Å². The summed E-state index contributed by atoms with van der Waals surface area (Å²) in [4.78, 5) is 41.1. The molecule has 12 heteroatoms. The Balaban J connectivity index is 1.40. The van der Waals surface area contributed by atoms with Gasteiger partial charge in [0.2, 0.25) is 0 Å². The largest absolute Gasteiger partial charge is 0.360 e. The average Bonchev–Trinajstić information content (AvgIpc) is 3.80. The molecular weight excluding hydrogens is 504 g/mol. The highest BCUT2D eigenvalue weighted by Crippen LogP contribution is 2.43. The Morgan fingerprint density at radius 2 is 1.84 bits per heavy atom. The number of hydrogen-bond donors (Lipinski definition) is 1. The van der Waals surface area contributed by atoms with Crippen molar-refractivity contribution in [1.82, 2.24) is 34.5 Å². The molecule has 38 heavy (non-hydrogen) atoms. The van der Waals surface area contributed by atoms with Crippen molar-refractivity contribution < 1.29 is 8.42 Å². The van der Waals surface area contributed by atoms with E-state index in [-0.39, 0.29) is 28.9 Å². The second-order valence-corrected chi connectivity index (χ2v) is 12.2. The number of aromatic nitrogens is 7. The van der Waals surface area contributed by atoms with Crippen LogP contribution in [0.5, 0.6) is 0 Å². The van der Waals surface area contributed by atoms with Crippen molar-refractivity contribution in [2.75, 3.05) is 11.6 Å². The molecule has 0 unspecified atom stereocenters. The van der Waals surface area contributed by atoms with Crippen LogP contribution in [-0.2, 0) is 16.4 Å². The topological polar surface area (TPSA) is 146 Å². The average molecular weight is 533 g/mol. The first-order valence-electron chi connectivity index (χ1n) is 12.7. The van der Waals surface area contributed by atoms with Gasteiger partial charge in [0.25, 0.3) is 5.56 Å². The lowest BCUT2D eigenvalue weighted by molar-refractivity contribution is 0.482. The molecule has 0 aromatic carbocycles. The van der Waals surface area contributed by atoms with Gasteiger partial charge in [0.1, 0.15) is 11.8 Å². The molecule has 1 N–H and O–H groups in total. The molecule has 11 nitrogen and oxygen atoms in total. The number of hydrogen-bond acceptors (Lipinski definition) is 10. The number of pyridine rings is 1. The predicted octanol–water partition coefficient (Wildman–Crippen LogP) is 3.21. The molecule has 1 atom stereocenters. The minimum atomic E-state index is -3.34. The standard InChI is InChI=1S/C26H28N8O3S/c1-14-21(22(17-6-7-17)31-13-30-14)23-29-12-20-25(33-23)34(15(2)16-4-5-16)26(35)24(32-20)28-10-18-8-9-19(11-27-18)38(3,36)37/h8-9,11-13,15-17H,4-7,10H2,1-3H3,(H,28,32)/t15-/m0/s1. The normalized spacial score (nSPS) is 16.5. The molecule has 0 aliphatic heterocycles. The van der Waals surface area contributed by atoms with Crippen molar-refractivity contribution >= 4 is 26.8 Å². The molecule has 0 saturated heterocycles. The molecule has 2 fully saturated rings. The van der Waals surface area contributed by atoms with Gasteiger partial charge in [-0.05, 0) is 57.6 Å². The van der Waals surface area contributed by atoms with Crippen molar-refractivity contribution in [2.45, 2.75) is 62.9 Å². The first-order valence-corrected chi connectivity index (χ1v) is 14.6. The van der Waals surface area contributed by atoms with Crippen molar-refractivity contribution in [3.8, 4) is 11.4 Å². The van der Waals surface area contributed by atoms with Crippen molar-refractivity contribution in [1.29, 1.82) is 0 Å². The lowest BCUT2D eigenvalue weighted by atomic mass is 10.1. The summed E-state index contributed by atoms with van der Waals surface area (Å²) in [5, 5.41) is 3.09. The number of fused-ring (bicyclic) bond motifs is 1. The summed E-state index contributed by atoms with van der Waals surface area (Å²) in [6.45, 7) is 4.18. The third kappa shape index (κ3) is 4.64. The second kappa shape index (κ2) is 9.19. The van der Waals surface area contributed by atoms with E-state index in [0.717, 1.165) is 48.9 Å². The molecule has 2 aliphatic carbocycles. The number of sulfone groups is 1. The molecule has 2 saturated carbocycles. The highest BCUT2D eigenvalue weighted by Gasteiger charge is 2.33. The molecule has 6 rings (SSSR count). The maximum absolute atomic E-state index is 13.7. The van der Waals surface area contributed by atoms with Crippen molar-refractivity contribution in [2.24, 2.45) is 5.92 Å². The molecule has 4 aromatic rings. The summed E-state index contributed by atoms with van der Waals surface area (Å²) in [6.07, 6.45) is 9.98. The number of nitrogens with zero attached hydrogens (tertiary/aromatic N) is 7. The van der Waals surface area contributed by atoms with Gasteiger partial charge >= 0.3 is 0 Å². The summed E-state index contributed by atoms with van der Waals surface area (Å²) in [5.74, 6) is 1.47. The van der Waals surface area contributed by atoms with Crippen LogP contribution >= 0.6 is 0 Å². The summed E-state index contributed by atoms with van der Waals surface area (Å²) >= 11 is 0. The number of aryl methyl sites for hydroxylation is 1. The minimum Gasteiger partial charge on any atom is -0.360 e. The van der Waals surface area contributed by atoms with Gasteiger partial charge in [-0.3, -0.25) is 14.3 Å². The highest BCUT2D eigenvalue weighted by atomic mass is 32.2. The summed E-state index contributed by atoms with van der Waals surface area (Å²) < 4.78 is 25.2. The highest BCUT2D eigenvalue weighted by molar-refractivity contribution is 7.90. The number of anilines is 1. The zero-order valence-electron chi connectivity index (χ0n) is 21.4. The van der Waals surface area contributed by atoms with Crippen LogP contribution in [-0.4, -0.2) is 49.1 Å². The second-order valence-electron chi connectivity index (χ2n) is 10.2. The third-order valence-corrected chi connectivity index (χ3v) is 8.36. The van der Waals surface area contributed by atoms with Gasteiger partial charge in [0.05, 0.1) is 40.3 Å². The quantitative estimate of drug-likeness (QED) is 0.359. The van der Waals surface area contributed by atoms with Gasteiger partial charge < -0.3 is 5.32 Å². The zero-order valence-corrected chi connectivity index (χ0v) is 22.2. The van der Waals surface area contributed by atoms with E-state index in [4.69, 9.17) is 4.98 Å². The lowest BCUT2D eigenvalue weighted by Crippen LogP contribution is -2.29. The van der Waals surface area contributed by atoms with Crippen LogP contribution in [0, 0.1) is 12.8 Å². The van der Waals surface area contributed by atoms with Gasteiger partial charge in [-0.2, -0.15) is 0 Å². The van der Waals surface area contributed by atoms with Crippen LogP contribution in [0.3, 0.4) is 0 Å². The molecule has 2 aliphatic rings. The molecule has 196 valence electrons. The Bertz CT molecular complexity index is 1710. The van der Waals surface area contributed by atoms with E-state index in [2.05, 4.69) is 30.2 Å². The zero-order chi connectivity index (χ0) is 26.6. The monoisotopic (exact) mass is 532 g/mol. The Morgan fingerprint density at radius 3 is 2.50 bits per heavy atom. The summed E-state index contributed by atoms with van der Waals surface area (Å²) in [5.41, 5.74) is 3.92. The summed E-state index contributed by atoms with van der Waals surface area (Å²) in [6, 6.07) is 3.06.